The number of para-hydroxylation sites is 1. The van der Waals surface area contributed by atoms with Crippen molar-refractivity contribution < 1.29 is 13.2 Å². The van der Waals surface area contributed by atoms with Gasteiger partial charge in [0.25, 0.3) is 0 Å². The van der Waals surface area contributed by atoms with Crippen molar-refractivity contribution >= 4 is 17.6 Å². The van der Waals surface area contributed by atoms with Crippen molar-refractivity contribution in [1.29, 1.82) is 0 Å². The average Bonchev–Trinajstić information content (AvgIpc) is 2.87. The van der Waals surface area contributed by atoms with E-state index in [1.807, 2.05) is 30.3 Å². The van der Waals surface area contributed by atoms with Gasteiger partial charge < -0.3 is 11.1 Å². The molecule has 24 heavy (non-hydrogen) atoms. The summed E-state index contributed by atoms with van der Waals surface area (Å²) >= 11 is 0. The number of rotatable bonds is 4. The molecule has 0 atom stereocenters. The van der Waals surface area contributed by atoms with E-state index < -0.39 is 11.7 Å². The van der Waals surface area contributed by atoms with Crippen molar-refractivity contribution in [2.75, 3.05) is 11.1 Å². The van der Waals surface area contributed by atoms with Crippen molar-refractivity contribution in [3.8, 4) is 0 Å². The second kappa shape index (κ2) is 6.23. The Morgan fingerprint density at radius 2 is 1.79 bits per heavy atom. The van der Waals surface area contributed by atoms with Crippen LogP contribution in [0.15, 0.2) is 54.6 Å². The number of hydrogen-bond donors (Lipinski definition) is 2. The smallest absolute Gasteiger partial charge is 0.368 e. The number of anilines is 3. The lowest BCUT2D eigenvalue weighted by molar-refractivity contribution is -0.137. The molecular weight excluding hydrogens is 319 g/mol. The largest absolute Gasteiger partial charge is 0.416 e. The third kappa shape index (κ3) is 3.65. The van der Waals surface area contributed by atoms with Gasteiger partial charge in [-0.1, -0.05) is 30.3 Å². The van der Waals surface area contributed by atoms with E-state index in [1.165, 1.54) is 10.7 Å². The van der Waals surface area contributed by atoms with Gasteiger partial charge in [-0.15, -0.1) is 5.10 Å². The predicted octanol–water partition coefficient (Wildman–Crippen LogP) is 3.67. The number of hydrogen-bond acceptors (Lipinski definition) is 4. The summed E-state index contributed by atoms with van der Waals surface area (Å²) < 4.78 is 39.6. The van der Waals surface area contributed by atoms with Gasteiger partial charge >= 0.3 is 6.18 Å². The molecule has 1 aromatic heterocycles. The number of benzene rings is 2. The van der Waals surface area contributed by atoms with Gasteiger partial charge in [0.05, 0.1) is 12.1 Å². The van der Waals surface area contributed by atoms with E-state index in [4.69, 9.17) is 5.73 Å². The lowest BCUT2D eigenvalue weighted by atomic mass is 10.1. The maximum atomic E-state index is 12.8. The molecule has 124 valence electrons. The van der Waals surface area contributed by atoms with E-state index in [0.717, 1.165) is 17.8 Å². The Bertz CT molecular complexity index is 827. The number of nitrogen functional groups attached to an aromatic ring is 1. The highest BCUT2D eigenvalue weighted by molar-refractivity contribution is 5.53. The zero-order valence-corrected chi connectivity index (χ0v) is 12.5. The number of nitrogens with one attached hydrogen (secondary N) is 1. The molecule has 0 fully saturated rings. The Labute approximate surface area is 135 Å². The Hall–Kier alpha value is -3.03. The molecule has 0 amide bonds. The summed E-state index contributed by atoms with van der Waals surface area (Å²) in [6.07, 6.45) is -4.38. The summed E-state index contributed by atoms with van der Waals surface area (Å²) in [6, 6.07) is 14.3. The first-order chi connectivity index (χ1) is 11.4. The molecule has 0 radical (unpaired) electrons. The fourth-order valence-corrected chi connectivity index (χ4v) is 2.19. The van der Waals surface area contributed by atoms with Crippen LogP contribution in [0.3, 0.4) is 0 Å². The van der Waals surface area contributed by atoms with Gasteiger partial charge in [0.2, 0.25) is 11.9 Å². The predicted molar refractivity (Wildman–Crippen MR) is 84.7 cm³/mol. The molecule has 3 aromatic rings. The number of halogens is 3. The molecule has 0 bridgehead atoms. The summed E-state index contributed by atoms with van der Waals surface area (Å²) in [4.78, 5) is 4.07. The normalized spacial score (nSPS) is 11.5. The van der Waals surface area contributed by atoms with Crippen LogP contribution in [-0.4, -0.2) is 14.8 Å². The third-order valence-corrected chi connectivity index (χ3v) is 3.32. The maximum Gasteiger partial charge on any atom is 0.416 e. The van der Waals surface area contributed by atoms with Crippen LogP contribution in [0.4, 0.5) is 30.8 Å². The first-order valence-corrected chi connectivity index (χ1v) is 7.10. The lowest BCUT2D eigenvalue weighted by Crippen LogP contribution is -2.09. The van der Waals surface area contributed by atoms with Crippen molar-refractivity contribution in [2.45, 2.75) is 12.7 Å². The molecule has 0 aliphatic heterocycles. The Morgan fingerprint density at radius 3 is 2.50 bits per heavy atom. The molecule has 3 N–H and O–H groups in total. The quantitative estimate of drug-likeness (QED) is 0.764. The molecule has 0 aliphatic rings. The minimum absolute atomic E-state index is 0.0965. The summed E-state index contributed by atoms with van der Waals surface area (Å²) in [5.41, 5.74) is 6.31. The van der Waals surface area contributed by atoms with Crippen molar-refractivity contribution in [3.05, 3.63) is 65.7 Å². The highest BCUT2D eigenvalue weighted by Gasteiger charge is 2.30. The van der Waals surface area contributed by atoms with Gasteiger partial charge in [-0.25, -0.2) is 4.68 Å². The van der Waals surface area contributed by atoms with Crippen molar-refractivity contribution in [2.24, 2.45) is 0 Å². The van der Waals surface area contributed by atoms with Gasteiger partial charge in [0.1, 0.15) is 0 Å². The second-order valence-electron chi connectivity index (χ2n) is 5.14. The van der Waals surface area contributed by atoms with E-state index in [0.29, 0.717) is 5.56 Å². The highest BCUT2D eigenvalue weighted by Crippen LogP contribution is 2.29. The zero-order valence-electron chi connectivity index (χ0n) is 12.5. The summed E-state index contributed by atoms with van der Waals surface area (Å²) in [7, 11) is 0. The van der Waals surface area contributed by atoms with Crippen molar-refractivity contribution in [3.63, 3.8) is 0 Å². The summed E-state index contributed by atoms with van der Waals surface area (Å²) in [5.74, 6) is 0.400. The molecule has 5 nitrogen and oxygen atoms in total. The van der Waals surface area contributed by atoms with Crippen LogP contribution in [0.5, 0.6) is 0 Å². The molecule has 0 aliphatic carbocycles. The molecule has 1 heterocycles. The Balaban J connectivity index is 1.79. The van der Waals surface area contributed by atoms with E-state index in [1.54, 1.807) is 6.07 Å². The number of nitrogens with two attached hydrogens (primary N) is 1. The van der Waals surface area contributed by atoms with Gasteiger partial charge in [0.15, 0.2) is 0 Å². The van der Waals surface area contributed by atoms with Gasteiger partial charge in [-0.05, 0) is 29.8 Å². The van der Waals surface area contributed by atoms with Crippen LogP contribution >= 0.6 is 0 Å². The Kier molecular flexibility index (Phi) is 4.11. The van der Waals surface area contributed by atoms with Crippen LogP contribution < -0.4 is 11.1 Å². The topological polar surface area (TPSA) is 68.8 Å². The summed E-state index contributed by atoms with van der Waals surface area (Å²) in [5, 5.41) is 7.16. The molecule has 0 spiro atoms. The first kappa shape index (κ1) is 15.9. The zero-order chi connectivity index (χ0) is 17.2. The van der Waals surface area contributed by atoms with Crippen molar-refractivity contribution in [1.82, 2.24) is 14.8 Å². The minimum Gasteiger partial charge on any atom is -0.368 e. The van der Waals surface area contributed by atoms with Crippen LogP contribution in [-0.2, 0) is 12.7 Å². The molecule has 0 saturated carbocycles. The van der Waals surface area contributed by atoms with E-state index >= 15 is 0 Å². The maximum absolute atomic E-state index is 12.8. The lowest BCUT2D eigenvalue weighted by Gasteiger charge is -2.09. The van der Waals surface area contributed by atoms with Gasteiger partial charge in [-0.2, -0.15) is 18.2 Å². The molecular formula is C16H14F3N5. The molecule has 0 unspecified atom stereocenters. The average molecular weight is 333 g/mol. The van der Waals surface area contributed by atoms with Gasteiger partial charge in [-0.3, -0.25) is 0 Å². The molecule has 0 saturated heterocycles. The second-order valence-corrected chi connectivity index (χ2v) is 5.14. The molecule has 3 rings (SSSR count). The van der Waals surface area contributed by atoms with E-state index in [2.05, 4.69) is 15.4 Å². The summed E-state index contributed by atoms with van der Waals surface area (Å²) in [6.45, 7) is 0.0965. The fraction of sp³-hybridized carbons (Fsp3) is 0.125. The first-order valence-electron chi connectivity index (χ1n) is 7.10. The Morgan fingerprint density at radius 1 is 1.04 bits per heavy atom. The van der Waals surface area contributed by atoms with Crippen LogP contribution in [0.2, 0.25) is 0 Å². The SMILES string of the molecule is Nc1nc(Nc2ccccc2)nn1Cc1cccc(C(F)(F)F)c1. The van der Waals surface area contributed by atoms with E-state index in [-0.39, 0.29) is 18.4 Å². The van der Waals surface area contributed by atoms with E-state index in [9.17, 15) is 13.2 Å². The van der Waals surface area contributed by atoms with Crippen LogP contribution in [0.25, 0.3) is 0 Å². The van der Waals surface area contributed by atoms with Crippen LogP contribution in [0, 0.1) is 0 Å². The minimum atomic E-state index is -4.38. The number of alkyl halides is 3. The third-order valence-electron chi connectivity index (χ3n) is 3.32. The monoisotopic (exact) mass is 333 g/mol. The van der Waals surface area contributed by atoms with Crippen LogP contribution in [0.1, 0.15) is 11.1 Å². The highest BCUT2D eigenvalue weighted by atomic mass is 19.4. The molecule has 8 heteroatoms. The molecule has 2 aromatic carbocycles. The number of nitrogens with zero attached hydrogens (tertiary/aromatic N) is 3. The standard InChI is InChI=1S/C16H14F3N5/c17-16(18,19)12-6-4-5-11(9-12)10-24-14(20)22-15(23-24)21-13-7-2-1-3-8-13/h1-9H,10H2,(H3,20,21,22,23). The number of aromatic nitrogens is 3. The van der Waals surface area contributed by atoms with Gasteiger partial charge in [0, 0.05) is 5.69 Å². The fourth-order valence-electron chi connectivity index (χ4n) is 2.19.